The number of piperidine rings is 1. The molecule has 1 aliphatic carbocycles. The predicted octanol–water partition coefficient (Wildman–Crippen LogP) is 1.14. The van der Waals surface area contributed by atoms with Gasteiger partial charge in [0.15, 0.2) is 6.10 Å². The van der Waals surface area contributed by atoms with Crippen LogP contribution >= 0.6 is 0 Å². The van der Waals surface area contributed by atoms with E-state index in [4.69, 9.17) is 18.4 Å². The Morgan fingerprint density at radius 3 is 2.42 bits per heavy atom. The van der Waals surface area contributed by atoms with Crippen molar-refractivity contribution >= 4 is 22.1 Å². The van der Waals surface area contributed by atoms with Crippen molar-refractivity contribution in [2.75, 3.05) is 19.6 Å². The van der Waals surface area contributed by atoms with Crippen LogP contribution < -0.4 is 0 Å². The van der Waals surface area contributed by atoms with Crippen LogP contribution in [0.3, 0.4) is 0 Å². The molecule has 0 spiro atoms. The standard InChI is InChI=1S/C21H31NO8S/c1-2-21(8-4-5-9-21)29-20(24)14-15-16(17-18(28-15)19(14)31(25,26)30-17)27-13(23)12-22-10-6-3-7-11-22/h14-19H,2-12H2,1H3. The van der Waals surface area contributed by atoms with Gasteiger partial charge in [-0.1, -0.05) is 13.3 Å². The van der Waals surface area contributed by atoms with Crippen LogP contribution in [0.2, 0.25) is 0 Å². The van der Waals surface area contributed by atoms with Gasteiger partial charge >= 0.3 is 11.9 Å². The molecule has 5 rings (SSSR count). The molecular formula is C21H31NO8S. The van der Waals surface area contributed by atoms with Crippen LogP contribution in [-0.4, -0.2) is 80.2 Å². The van der Waals surface area contributed by atoms with Crippen molar-refractivity contribution in [3.63, 3.8) is 0 Å². The molecule has 9 nitrogen and oxygen atoms in total. The van der Waals surface area contributed by atoms with E-state index < -0.39 is 63.2 Å². The molecular weight excluding hydrogens is 426 g/mol. The zero-order valence-corrected chi connectivity index (χ0v) is 18.7. The number of rotatable bonds is 6. The molecule has 4 heterocycles. The van der Waals surface area contributed by atoms with Crippen molar-refractivity contribution in [2.24, 2.45) is 5.92 Å². The van der Waals surface area contributed by atoms with Crippen molar-refractivity contribution in [2.45, 2.75) is 93.6 Å². The Hall–Kier alpha value is -1.23. The lowest BCUT2D eigenvalue weighted by Gasteiger charge is -2.33. The fraction of sp³-hybridized carbons (Fsp3) is 0.905. The van der Waals surface area contributed by atoms with Crippen molar-refractivity contribution < 1.29 is 36.4 Å². The van der Waals surface area contributed by atoms with Crippen molar-refractivity contribution in [1.29, 1.82) is 0 Å². The topological polar surface area (TPSA) is 108 Å². The van der Waals surface area contributed by atoms with Crippen molar-refractivity contribution in [3.05, 3.63) is 0 Å². The lowest BCUT2D eigenvalue weighted by atomic mass is 9.84. The molecule has 5 fully saturated rings. The summed E-state index contributed by atoms with van der Waals surface area (Å²) in [6, 6.07) is 0. The minimum atomic E-state index is -4.01. The van der Waals surface area contributed by atoms with Gasteiger partial charge in [-0.2, -0.15) is 8.42 Å². The smallest absolute Gasteiger partial charge is 0.320 e. The molecule has 2 bridgehead atoms. The van der Waals surface area contributed by atoms with Gasteiger partial charge in [0.2, 0.25) is 0 Å². The first-order valence-corrected chi connectivity index (χ1v) is 13.0. The minimum absolute atomic E-state index is 0.144. The number of fused-ring (bicyclic) bond motifs is 1. The third-order valence-corrected chi connectivity index (χ3v) is 9.43. The van der Waals surface area contributed by atoms with Crippen molar-refractivity contribution in [1.82, 2.24) is 4.90 Å². The summed E-state index contributed by atoms with van der Waals surface area (Å²) in [7, 11) is -4.01. The summed E-state index contributed by atoms with van der Waals surface area (Å²) in [5.74, 6) is -2.06. The number of likely N-dealkylation sites (tertiary alicyclic amines) is 1. The van der Waals surface area contributed by atoms with E-state index in [0.717, 1.165) is 58.0 Å². The molecule has 0 aromatic heterocycles. The third-order valence-electron chi connectivity index (χ3n) is 7.71. The lowest BCUT2D eigenvalue weighted by Crippen LogP contribution is -2.52. The SMILES string of the molecule is CCC1(OC(=O)C2C3OC4C(OS(=O)(=O)C42)C3OC(=O)CN2CCCCC2)CCCC1. The Labute approximate surface area is 182 Å². The van der Waals surface area contributed by atoms with Gasteiger partial charge in [-0.15, -0.1) is 0 Å². The molecule has 6 atom stereocenters. The Balaban J connectivity index is 1.32. The van der Waals surface area contributed by atoms with E-state index >= 15 is 0 Å². The second-order valence-corrected chi connectivity index (χ2v) is 11.3. The van der Waals surface area contributed by atoms with E-state index in [1.807, 2.05) is 11.8 Å². The number of esters is 2. The maximum atomic E-state index is 13.2. The molecule has 10 heteroatoms. The Morgan fingerprint density at radius 1 is 1.03 bits per heavy atom. The number of ether oxygens (including phenoxy) is 3. The summed E-state index contributed by atoms with van der Waals surface area (Å²) in [4.78, 5) is 27.8. The number of hydrogen-bond donors (Lipinski definition) is 0. The zero-order valence-electron chi connectivity index (χ0n) is 17.9. The van der Waals surface area contributed by atoms with Gasteiger partial charge in [-0.3, -0.25) is 18.7 Å². The summed E-state index contributed by atoms with van der Waals surface area (Å²) in [5, 5.41) is -1.10. The molecule has 0 amide bonds. The van der Waals surface area contributed by atoms with Crippen LogP contribution in [0.4, 0.5) is 0 Å². The fourth-order valence-corrected chi connectivity index (χ4v) is 7.88. The highest BCUT2D eigenvalue weighted by Crippen LogP contribution is 2.52. The highest BCUT2D eigenvalue weighted by atomic mass is 32.2. The average molecular weight is 458 g/mol. The van der Waals surface area contributed by atoms with Gasteiger partial charge in [0, 0.05) is 0 Å². The van der Waals surface area contributed by atoms with Gasteiger partial charge in [-0.05, 0) is 58.0 Å². The third kappa shape index (κ3) is 3.69. The highest BCUT2D eigenvalue weighted by Gasteiger charge is 2.74. The zero-order chi connectivity index (χ0) is 21.8. The lowest BCUT2D eigenvalue weighted by molar-refractivity contribution is -0.172. The first-order chi connectivity index (χ1) is 14.8. The van der Waals surface area contributed by atoms with Gasteiger partial charge < -0.3 is 14.2 Å². The second-order valence-electron chi connectivity index (χ2n) is 9.57. The number of carbonyl (C=O) groups is 2. The predicted molar refractivity (Wildman–Crippen MR) is 107 cm³/mol. The summed E-state index contributed by atoms with van der Waals surface area (Å²) in [5.41, 5.74) is -0.540. The molecule has 6 unspecified atom stereocenters. The van der Waals surface area contributed by atoms with E-state index in [-0.39, 0.29) is 6.54 Å². The van der Waals surface area contributed by atoms with Gasteiger partial charge in [-0.25, -0.2) is 0 Å². The average Bonchev–Trinajstić information content (AvgIpc) is 3.46. The Bertz CT molecular complexity index is 832. The molecule has 0 N–H and O–H groups in total. The molecule has 4 aliphatic heterocycles. The minimum Gasteiger partial charge on any atom is -0.459 e. The van der Waals surface area contributed by atoms with Crippen LogP contribution in [0.25, 0.3) is 0 Å². The van der Waals surface area contributed by atoms with Gasteiger partial charge in [0.25, 0.3) is 10.1 Å². The first-order valence-electron chi connectivity index (χ1n) is 11.6. The summed E-state index contributed by atoms with van der Waals surface area (Å²) >= 11 is 0. The summed E-state index contributed by atoms with van der Waals surface area (Å²) in [6.07, 6.45) is 3.99. The quantitative estimate of drug-likeness (QED) is 0.428. The van der Waals surface area contributed by atoms with E-state index in [1.165, 1.54) is 0 Å². The normalized spacial score (nSPS) is 40.2. The van der Waals surface area contributed by atoms with E-state index in [9.17, 15) is 18.0 Å². The highest BCUT2D eigenvalue weighted by molar-refractivity contribution is 7.87. The Morgan fingerprint density at radius 2 is 1.74 bits per heavy atom. The van der Waals surface area contributed by atoms with Crippen molar-refractivity contribution in [3.8, 4) is 0 Å². The number of nitrogens with zero attached hydrogens (tertiary/aromatic N) is 1. The molecule has 0 aromatic carbocycles. The molecule has 5 aliphatic rings. The van der Waals surface area contributed by atoms with Crippen LogP contribution in [0.5, 0.6) is 0 Å². The van der Waals surface area contributed by atoms with Crippen LogP contribution in [-0.2, 0) is 38.1 Å². The summed E-state index contributed by atoms with van der Waals surface area (Å²) < 4.78 is 48.1. The number of hydrogen-bond acceptors (Lipinski definition) is 9. The summed E-state index contributed by atoms with van der Waals surface area (Å²) in [6.45, 7) is 3.80. The number of carbonyl (C=O) groups excluding carboxylic acids is 2. The maximum Gasteiger partial charge on any atom is 0.320 e. The monoisotopic (exact) mass is 457 g/mol. The molecule has 174 valence electrons. The first kappa shape index (κ1) is 21.6. The fourth-order valence-electron chi connectivity index (χ4n) is 6.05. The Kier molecular flexibility index (Phi) is 5.55. The molecule has 1 saturated carbocycles. The maximum absolute atomic E-state index is 13.2. The van der Waals surface area contributed by atoms with E-state index in [2.05, 4.69) is 0 Å². The van der Waals surface area contributed by atoms with Gasteiger partial charge in [0.1, 0.15) is 35.1 Å². The van der Waals surface area contributed by atoms with Gasteiger partial charge in [0.05, 0.1) is 6.54 Å². The molecule has 31 heavy (non-hydrogen) atoms. The van der Waals surface area contributed by atoms with E-state index in [1.54, 1.807) is 0 Å². The molecule has 0 radical (unpaired) electrons. The molecule has 4 saturated heterocycles. The van der Waals surface area contributed by atoms with E-state index in [0.29, 0.717) is 6.42 Å². The largest absolute Gasteiger partial charge is 0.459 e. The molecule has 0 aromatic rings. The van der Waals surface area contributed by atoms with Crippen LogP contribution in [0.15, 0.2) is 0 Å². The second kappa shape index (κ2) is 7.97. The van der Waals surface area contributed by atoms with Crippen LogP contribution in [0.1, 0.15) is 58.3 Å². The van der Waals surface area contributed by atoms with Crippen LogP contribution in [0, 0.1) is 5.92 Å².